The van der Waals surface area contributed by atoms with Gasteiger partial charge in [-0.05, 0) is 106 Å². The zero-order valence-electron chi connectivity index (χ0n) is 40.4. The maximum Gasteiger partial charge on any atom is 0.364 e. The van der Waals surface area contributed by atoms with Crippen molar-refractivity contribution in [3.05, 3.63) is 167 Å². The van der Waals surface area contributed by atoms with Crippen LogP contribution in [0.3, 0.4) is 0 Å². The number of hydrogen-bond acceptors (Lipinski definition) is 1. The number of rotatable bonds is 7. The lowest BCUT2D eigenvalue weighted by molar-refractivity contribution is -0.944. The van der Waals surface area contributed by atoms with Crippen LogP contribution in [-0.2, 0) is 17.5 Å². The summed E-state index contributed by atoms with van der Waals surface area (Å²) in [5.74, 6) is 2.20. The first kappa shape index (κ1) is 41.6. The molecule has 326 valence electrons. The summed E-state index contributed by atoms with van der Waals surface area (Å²) in [6.45, 7) is 28.8. The minimum atomic E-state index is -1.88. The van der Waals surface area contributed by atoms with Gasteiger partial charge in [0.15, 0.2) is 22.8 Å². The van der Waals surface area contributed by atoms with Gasteiger partial charge in [0.25, 0.3) is 0 Å². The van der Waals surface area contributed by atoms with Crippen LogP contribution in [0.2, 0.25) is 19.6 Å². The molecule has 0 radical (unpaired) electrons. The standard InChI is InChI=1S/C60H63N3OSi/c1-36(2)30-41-33-52-45-27-26-42(59(7,8)9)34-49(45)60(61(52)35-54(41)65(10,11)12)48-29-28-44-43-22-16-19-25-53(43)64-57(44)55(48)58-62(50-23-17-18-24-51(50)63(58)60)56-46(37(3)4)31-40(32-47(56)38(5)6)39-20-14-13-15-21-39/h13-29,31-38H,30H2,1-12H3/q+2. The van der Waals surface area contributed by atoms with Gasteiger partial charge in [-0.2, -0.15) is 4.57 Å². The zero-order valence-corrected chi connectivity index (χ0v) is 41.4. The van der Waals surface area contributed by atoms with Gasteiger partial charge >= 0.3 is 11.5 Å². The lowest BCUT2D eigenvalue weighted by atomic mass is 9.82. The molecule has 11 rings (SSSR count). The summed E-state index contributed by atoms with van der Waals surface area (Å²) in [5, 5.41) is 3.82. The van der Waals surface area contributed by atoms with Gasteiger partial charge in [0.1, 0.15) is 16.8 Å². The average Bonchev–Trinajstić information content (AvgIpc) is 3.98. The third kappa shape index (κ3) is 6.00. The van der Waals surface area contributed by atoms with Crippen molar-refractivity contribution in [3.63, 3.8) is 0 Å². The van der Waals surface area contributed by atoms with E-state index in [1.165, 1.54) is 83.2 Å². The molecule has 1 atom stereocenters. The average molecular weight is 870 g/mol. The van der Waals surface area contributed by atoms with Crippen LogP contribution in [0.4, 0.5) is 0 Å². The highest BCUT2D eigenvalue weighted by Crippen LogP contribution is 2.54. The summed E-state index contributed by atoms with van der Waals surface area (Å²) in [6, 6.07) is 48.5. The van der Waals surface area contributed by atoms with Crippen molar-refractivity contribution in [1.82, 2.24) is 4.57 Å². The number of imidazole rings is 1. The molecule has 2 aliphatic rings. The second-order valence-electron chi connectivity index (χ2n) is 22.1. The van der Waals surface area contributed by atoms with E-state index < -0.39 is 13.7 Å². The molecule has 65 heavy (non-hydrogen) atoms. The van der Waals surface area contributed by atoms with Crippen molar-refractivity contribution in [1.29, 1.82) is 0 Å². The summed E-state index contributed by atoms with van der Waals surface area (Å²) >= 11 is 0. The number of para-hydroxylation sites is 3. The van der Waals surface area contributed by atoms with Gasteiger partial charge in [0.05, 0.1) is 24.8 Å². The number of benzene rings is 6. The van der Waals surface area contributed by atoms with E-state index in [2.05, 4.69) is 229 Å². The van der Waals surface area contributed by atoms with Crippen molar-refractivity contribution >= 4 is 46.2 Å². The number of fused-ring (bicyclic) bond motifs is 16. The Hall–Kier alpha value is -6.04. The van der Waals surface area contributed by atoms with Crippen molar-refractivity contribution in [3.8, 4) is 39.5 Å². The van der Waals surface area contributed by atoms with Gasteiger partial charge in [-0.25, -0.2) is 0 Å². The summed E-state index contributed by atoms with van der Waals surface area (Å²) in [7, 11) is -1.88. The Morgan fingerprint density at radius 1 is 0.677 bits per heavy atom. The monoisotopic (exact) mass is 869 g/mol. The SMILES string of the molecule is CC(C)Cc1cc2[n+](cc1[Si](C)(C)C)C1(c3cc(C(C)(C)C)ccc3-2)c2ccc3c(oc4ccccc43)c2-c2n(-c3c(C(C)C)cc(-c4ccccc4)cc3C(C)C)c3ccccc3[n+]21. The number of hydrogen-bond donors (Lipinski definition) is 0. The van der Waals surface area contributed by atoms with Crippen LogP contribution < -0.4 is 14.3 Å². The summed E-state index contributed by atoms with van der Waals surface area (Å²) in [5.41, 5.74) is 19.1. The fourth-order valence-electron chi connectivity index (χ4n) is 11.5. The Kier molecular flexibility index (Phi) is 9.28. The van der Waals surface area contributed by atoms with E-state index in [1.54, 1.807) is 0 Å². The topological polar surface area (TPSA) is 25.8 Å². The Balaban J connectivity index is 1.39. The molecule has 0 amide bonds. The first-order valence-corrected chi connectivity index (χ1v) is 27.5. The predicted molar refractivity (Wildman–Crippen MR) is 274 cm³/mol. The molecule has 3 aromatic heterocycles. The second-order valence-corrected chi connectivity index (χ2v) is 27.2. The van der Waals surface area contributed by atoms with Crippen LogP contribution >= 0.6 is 0 Å². The van der Waals surface area contributed by atoms with Gasteiger partial charge in [0, 0.05) is 33.2 Å². The number of aromatic nitrogens is 3. The van der Waals surface area contributed by atoms with Gasteiger partial charge < -0.3 is 4.42 Å². The Labute approximate surface area is 386 Å². The van der Waals surface area contributed by atoms with Crippen LogP contribution in [0.5, 0.6) is 0 Å². The fourth-order valence-corrected chi connectivity index (χ4v) is 13.1. The predicted octanol–water partition coefficient (Wildman–Crippen LogP) is 14.3. The van der Waals surface area contributed by atoms with E-state index in [-0.39, 0.29) is 17.3 Å². The van der Waals surface area contributed by atoms with Gasteiger partial charge in [-0.1, -0.05) is 149 Å². The Morgan fingerprint density at radius 2 is 1.35 bits per heavy atom. The maximum absolute atomic E-state index is 7.24. The first-order chi connectivity index (χ1) is 31.0. The molecule has 4 nitrogen and oxygen atoms in total. The third-order valence-corrected chi connectivity index (χ3v) is 16.6. The van der Waals surface area contributed by atoms with Crippen molar-refractivity contribution in [2.24, 2.45) is 5.92 Å². The van der Waals surface area contributed by atoms with E-state index in [0.29, 0.717) is 5.92 Å². The molecule has 0 N–H and O–H groups in total. The number of furan rings is 1. The van der Waals surface area contributed by atoms with Gasteiger partial charge in [-0.15, -0.1) is 9.13 Å². The molecule has 5 heterocycles. The molecular weight excluding hydrogens is 807 g/mol. The molecule has 0 bridgehead atoms. The summed E-state index contributed by atoms with van der Waals surface area (Å²) < 4.78 is 15.4. The molecule has 6 aromatic carbocycles. The van der Waals surface area contributed by atoms with Crippen LogP contribution in [0.15, 0.2) is 138 Å². The number of pyridine rings is 1. The highest BCUT2D eigenvalue weighted by molar-refractivity contribution is 6.89. The minimum Gasteiger partial charge on any atom is -0.455 e. The summed E-state index contributed by atoms with van der Waals surface area (Å²) in [4.78, 5) is 0. The van der Waals surface area contributed by atoms with Crippen LogP contribution in [-0.4, -0.2) is 12.6 Å². The molecule has 1 spiro atoms. The minimum absolute atomic E-state index is 0.0631. The van der Waals surface area contributed by atoms with E-state index in [1.807, 2.05) is 0 Å². The quantitative estimate of drug-likeness (QED) is 0.116. The van der Waals surface area contributed by atoms with Crippen molar-refractivity contribution in [2.75, 3.05) is 0 Å². The molecule has 0 saturated carbocycles. The lowest BCUT2D eigenvalue weighted by Gasteiger charge is -2.25. The molecule has 2 aliphatic heterocycles. The molecule has 9 aromatic rings. The molecule has 1 unspecified atom stereocenters. The highest BCUT2D eigenvalue weighted by atomic mass is 28.3. The van der Waals surface area contributed by atoms with Crippen LogP contribution in [0.25, 0.3) is 72.4 Å². The van der Waals surface area contributed by atoms with E-state index in [0.717, 1.165) is 34.2 Å². The molecule has 0 fully saturated rings. The normalized spacial score (nSPS) is 15.6. The zero-order chi connectivity index (χ0) is 45.5. The van der Waals surface area contributed by atoms with Crippen LogP contribution in [0, 0.1) is 5.92 Å². The van der Waals surface area contributed by atoms with Crippen LogP contribution in [0.1, 0.15) is 108 Å². The lowest BCUT2D eigenvalue weighted by Crippen LogP contribution is -2.72. The maximum atomic E-state index is 7.24. The van der Waals surface area contributed by atoms with Gasteiger partial charge in [0.2, 0.25) is 5.69 Å². The van der Waals surface area contributed by atoms with Crippen molar-refractivity contribution < 1.29 is 13.6 Å². The van der Waals surface area contributed by atoms with Gasteiger partial charge in [-0.3, -0.25) is 0 Å². The molecule has 0 saturated heterocycles. The Morgan fingerprint density at radius 3 is 2.03 bits per heavy atom. The highest BCUT2D eigenvalue weighted by Gasteiger charge is 2.67. The van der Waals surface area contributed by atoms with E-state index in [4.69, 9.17) is 4.42 Å². The molecule has 5 heteroatoms. The number of nitrogens with zero attached hydrogens (tertiary/aromatic N) is 3. The Bertz CT molecular complexity index is 3380. The second kappa shape index (κ2) is 14.5. The fraction of sp³-hybridized carbons (Fsp3) is 0.300. The smallest absolute Gasteiger partial charge is 0.364 e. The molecule has 0 aliphatic carbocycles. The largest absolute Gasteiger partial charge is 0.455 e. The summed E-state index contributed by atoms with van der Waals surface area (Å²) in [6.07, 6.45) is 3.67. The molecular formula is C60H63N3OSi+2. The van der Waals surface area contributed by atoms with Crippen molar-refractivity contribution in [2.45, 2.75) is 111 Å². The third-order valence-electron chi connectivity index (χ3n) is 14.5. The van der Waals surface area contributed by atoms with E-state index >= 15 is 0 Å². The van der Waals surface area contributed by atoms with E-state index in [9.17, 15) is 0 Å². The first-order valence-electron chi connectivity index (χ1n) is 24.0.